The van der Waals surface area contributed by atoms with Crippen molar-refractivity contribution in [3.63, 3.8) is 0 Å². The average Bonchev–Trinajstić information content (AvgIpc) is 4.16. The zero-order chi connectivity index (χ0) is 47.7. The van der Waals surface area contributed by atoms with Crippen molar-refractivity contribution in [2.45, 2.75) is 19.3 Å². The summed E-state index contributed by atoms with van der Waals surface area (Å²) in [6.45, 7) is 4.63. The molecule has 6 nitrogen and oxygen atoms in total. The highest BCUT2D eigenvalue weighted by molar-refractivity contribution is 6.24. The normalized spacial score (nSPS) is 13.0. The number of para-hydroxylation sites is 3. The highest BCUT2D eigenvalue weighted by Gasteiger charge is 2.38. The van der Waals surface area contributed by atoms with Crippen molar-refractivity contribution in [1.82, 2.24) is 24.1 Å². The Morgan fingerprint density at radius 3 is 1.69 bits per heavy atom. The van der Waals surface area contributed by atoms with E-state index >= 15 is 0 Å². The Kier molecular flexibility index (Phi) is 8.61. The van der Waals surface area contributed by atoms with Crippen LogP contribution >= 0.6 is 0 Å². The van der Waals surface area contributed by atoms with Gasteiger partial charge >= 0.3 is 0 Å². The number of fused-ring (bicyclic) bond motifs is 13. The van der Waals surface area contributed by atoms with Gasteiger partial charge in [0.1, 0.15) is 5.58 Å². The maximum Gasteiger partial charge on any atom is 0.238 e. The van der Waals surface area contributed by atoms with Gasteiger partial charge in [0.25, 0.3) is 0 Å². The molecule has 1 aliphatic carbocycles. The molecule has 14 aromatic rings. The number of aromatic nitrogens is 5. The van der Waals surface area contributed by atoms with Crippen LogP contribution < -0.4 is 0 Å². The van der Waals surface area contributed by atoms with E-state index in [1.54, 1.807) is 0 Å². The molecule has 1 aliphatic rings. The largest absolute Gasteiger partial charge is 0.454 e. The van der Waals surface area contributed by atoms with Gasteiger partial charge < -0.3 is 8.98 Å². The molecule has 0 atom stereocenters. The molecule has 338 valence electrons. The quantitative estimate of drug-likeness (QED) is 0.167. The molecule has 0 radical (unpaired) electrons. The Balaban J connectivity index is 1.06. The van der Waals surface area contributed by atoms with Gasteiger partial charge in [-0.25, -0.2) is 4.98 Å². The van der Waals surface area contributed by atoms with Crippen molar-refractivity contribution in [2.24, 2.45) is 0 Å². The van der Waals surface area contributed by atoms with Crippen molar-refractivity contribution in [1.29, 1.82) is 0 Å². The minimum atomic E-state index is -0.290. The Morgan fingerprint density at radius 2 is 0.931 bits per heavy atom. The second-order valence-corrected chi connectivity index (χ2v) is 19.5. The lowest BCUT2D eigenvalue weighted by Gasteiger charge is -2.24. The summed E-state index contributed by atoms with van der Waals surface area (Å²) in [6, 6.07) is 80.0. The summed E-state index contributed by atoms with van der Waals surface area (Å²) in [6.07, 6.45) is 0. The summed E-state index contributed by atoms with van der Waals surface area (Å²) >= 11 is 0. The third-order valence-electron chi connectivity index (χ3n) is 15.1. The number of benzene rings is 10. The van der Waals surface area contributed by atoms with Crippen molar-refractivity contribution in [3.8, 4) is 67.8 Å². The number of hydrogen-bond donors (Lipinski definition) is 0. The van der Waals surface area contributed by atoms with Gasteiger partial charge in [-0.15, -0.1) is 0 Å². The summed E-state index contributed by atoms with van der Waals surface area (Å²) < 4.78 is 11.7. The van der Waals surface area contributed by atoms with E-state index in [0.29, 0.717) is 17.6 Å². The van der Waals surface area contributed by atoms with Crippen molar-refractivity contribution in [2.75, 3.05) is 0 Å². The fourth-order valence-electron chi connectivity index (χ4n) is 11.9. The number of nitrogens with zero attached hydrogens (tertiary/aromatic N) is 5. The van der Waals surface area contributed by atoms with Crippen LogP contribution in [0.1, 0.15) is 25.0 Å². The van der Waals surface area contributed by atoms with Crippen LogP contribution in [0, 0.1) is 0 Å². The lowest BCUT2D eigenvalue weighted by molar-refractivity contribution is 0.661. The molecule has 72 heavy (non-hydrogen) atoms. The predicted molar refractivity (Wildman–Crippen MR) is 295 cm³/mol. The second-order valence-electron chi connectivity index (χ2n) is 19.5. The standard InChI is InChI=1S/C66H43N5O/c1-66(2)54-31-13-9-25-45(54)49-29-18-30-52(59(49)66)64-67-63(41-21-7-4-8-22-41)68-65(69-64)71-56-33-15-11-27-47(56)51-36-35-50-46-26-10-14-32-55(46)70(60(50)61(51)71)57-39-44(38-53-48-28-12-16-34-58(48)72-62(53)57)43-24-17-23-42(37-43)40-19-5-3-6-20-40/h3-39H,1-2H3. The van der Waals surface area contributed by atoms with Crippen LogP contribution in [0.3, 0.4) is 0 Å². The Labute approximate surface area is 414 Å². The predicted octanol–water partition coefficient (Wildman–Crippen LogP) is 16.9. The van der Waals surface area contributed by atoms with Gasteiger partial charge in [0.05, 0.1) is 27.8 Å². The summed E-state index contributed by atoms with van der Waals surface area (Å²) in [5.41, 5.74) is 17.8. The smallest absolute Gasteiger partial charge is 0.238 e. The lowest BCUT2D eigenvalue weighted by Crippen LogP contribution is -2.17. The fourth-order valence-corrected chi connectivity index (χ4v) is 11.9. The van der Waals surface area contributed by atoms with Gasteiger partial charge in [-0.1, -0.05) is 202 Å². The fraction of sp³-hybridized carbons (Fsp3) is 0.0455. The molecule has 15 rings (SSSR count). The van der Waals surface area contributed by atoms with E-state index < -0.39 is 0 Å². The van der Waals surface area contributed by atoms with E-state index in [2.05, 4.69) is 223 Å². The van der Waals surface area contributed by atoms with Crippen LogP contribution in [-0.4, -0.2) is 24.1 Å². The molecule has 0 unspecified atom stereocenters. The van der Waals surface area contributed by atoms with E-state index in [4.69, 9.17) is 19.4 Å². The zero-order valence-electron chi connectivity index (χ0n) is 39.5. The van der Waals surface area contributed by atoms with Gasteiger partial charge in [0, 0.05) is 48.9 Å². The molecule has 0 amide bonds. The van der Waals surface area contributed by atoms with E-state index in [1.807, 2.05) is 24.3 Å². The first-order valence-electron chi connectivity index (χ1n) is 24.6. The number of furan rings is 1. The van der Waals surface area contributed by atoms with Gasteiger partial charge in [0.15, 0.2) is 17.2 Å². The second kappa shape index (κ2) is 15.3. The topological polar surface area (TPSA) is 61.7 Å². The van der Waals surface area contributed by atoms with Crippen molar-refractivity contribution < 1.29 is 4.42 Å². The van der Waals surface area contributed by atoms with Crippen molar-refractivity contribution in [3.05, 3.63) is 236 Å². The monoisotopic (exact) mass is 921 g/mol. The Hall–Kier alpha value is -9.39. The maximum absolute atomic E-state index is 7.02. The molecule has 4 heterocycles. The first-order valence-corrected chi connectivity index (χ1v) is 24.6. The van der Waals surface area contributed by atoms with Crippen LogP contribution in [-0.2, 0) is 5.41 Å². The molecular weight excluding hydrogens is 879 g/mol. The molecule has 0 bridgehead atoms. The van der Waals surface area contributed by atoms with Crippen LogP contribution in [0.4, 0.5) is 0 Å². The lowest BCUT2D eigenvalue weighted by atomic mass is 9.80. The van der Waals surface area contributed by atoms with Crippen LogP contribution in [0.2, 0.25) is 0 Å². The highest BCUT2D eigenvalue weighted by atomic mass is 16.3. The molecule has 10 aromatic carbocycles. The van der Waals surface area contributed by atoms with E-state index in [0.717, 1.165) is 99.1 Å². The maximum atomic E-state index is 7.02. The molecule has 4 aromatic heterocycles. The molecular formula is C66H43N5O. The summed E-state index contributed by atoms with van der Waals surface area (Å²) in [4.78, 5) is 16.5. The summed E-state index contributed by atoms with van der Waals surface area (Å²) in [5, 5.41) is 6.56. The van der Waals surface area contributed by atoms with Gasteiger partial charge in [-0.3, -0.25) is 4.57 Å². The molecule has 0 spiro atoms. The Bertz CT molecular complexity index is 4540. The van der Waals surface area contributed by atoms with Crippen LogP contribution in [0.5, 0.6) is 0 Å². The first kappa shape index (κ1) is 40.5. The molecule has 0 N–H and O–H groups in total. The minimum Gasteiger partial charge on any atom is -0.454 e. The highest BCUT2D eigenvalue weighted by Crippen LogP contribution is 2.52. The van der Waals surface area contributed by atoms with E-state index in [1.165, 1.54) is 27.8 Å². The molecule has 0 saturated carbocycles. The van der Waals surface area contributed by atoms with E-state index in [-0.39, 0.29) is 5.41 Å². The molecule has 0 aliphatic heterocycles. The summed E-state index contributed by atoms with van der Waals surface area (Å²) in [7, 11) is 0. The number of rotatable bonds is 6. The average molecular weight is 922 g/mol. The van der Waals surface area contributed by atoms with Gasteiger partial charge in [0.2, 0.25) is 5.95 Å². The van der Waals surface area contributed by atoms with Gasteiger partial charge in [-0.2, -0.15) is 9.97 Å². The summed E-state index contributed by atoms with van der Waals surface area (Å²) in [5.74, 6) is 1.78. The third-order valence-corrected chi connectivity index (χ3v) is 15.1. The van der Waals surface area contributed by atoms with E-state index in [9.17, 15) is 0 Å². The van der Waals surface area contributed by atoms with Gasteiger partial charge in [-0.05, 0) is 80.9 Å². The SMILES string of the molecule is CC1(C)c2ccccc2-c2cccc(-c3nc(-c4ccccc4)nc(-n4c5ccccc5c5ccc6c7ccccc7n(-c7cc(-c8cccc(-c9ccccc9)c8)cc8c7oc7ccccc78)c6c54)n3)c21. The Morgan fingerprint density at radius 1 is 0.375 bits per heavy atom. The van der Waals surface area contributed by atoms with Crippen molar-refractivity contribution >= 4 is 65.6 Å². The van der Waals surface area contributed by atoms with Crippen LogP contribution in [0.15, 0.2) is 229 Å². The molecule has 0 fully saturated rings. The van der Waals surface area contributed by atoms with Crippen LogP contribution in [0.25, 0.3) is 133 Å². The number of hydrogen-bond acceptors (Lipinski definition) is 4. The first-order chi connectivity index (χ1) is 35.5. The molecule has 0 saturated heterocycles. The molecule has 6 heteroatoms. The third kappa shape index (κ3) is 5.87. The minimum absolute atomic E-state index is 0.290. The zero-order valence-corrected chi connectivity index (χ0v) is 39.5.